The van der Waals surface area contributed by atoms with E-state index in [0.717, 1.165) is 12.8 Å². The first-order valence-corrected chi connectivity index (χ1v) is 4.93. The number of nitrogens with one attached hydrogen (secondary N) is 1. The maximum Gasteiger partial charge on any atom is 0.404 e. The second kappa shape index (κ2) is 5.07. The van der Waals surface area contributed by atoms with Crippen LogP contribution in [-0.4, -0.2) is 23.8 Å². The van der Waals surface area contributed by atoms with Gasteiger partial charge in [0.2, 0.25) is 0 Å². The van der Waals surface area contributed by atoms with Crippen LogP contribution in [0.4, 0.5) is 4.79 Å². The van der Waals surface area contributed by atoms with Gasteiger partial charge < -0.3 is 16.2 Å². The minimum Gasteiger partial charge on any atom is -0.465 e. The van der Waals surface area contributed by atoms with Gasteiger partial charge in [-0.25, -0.2) is 4.79 Å². The van der Waals surface area contributed by atoms with Gasteiger partial charge in [0.1, 0.15) is 0 Å². The van der Waals surface area contributed by atoms with Gasteiger partial charge in [-0.15, -0.1) is 0 Å². The predicted octanol–water partition coefficient (Wildman–Crippen LogP) is 1.16. The summed E-state index contributed by atoms with van der Waals surface area (Å²) in [5.74, 6) is 0.454. The Morgan fingerprint density at radius 3 is 2.54 bits per heavy atom. The zero-order valence-electron chi connectivity index (χ0n) is 7.83. The molecule has 0 aliphatic heterocycles. The standard InChI is InChI=1S/C9H18N2O2/c10-6-8(11-9(12)13)7-4-2-1-3-5-7/h7-8,11H,1-6,10H2,(H,12,13). The molecular formula is C9H18N2O2. The molecule has 1 aliphatic rings. The van der Waals surface area contributed by atoms with Gasteiger partial charge in [-0.05, 0) is 18.8 Å². The average Bonchev–Trinajstić information content (AvgIpc) is 2.15. The number of nitrogens with two attached hydrogens (primary N) is 1. The third kappa shape index (κ3) is 3.22. The van der Waals surface area contributed by atoms with E-state index in [9.17, 15) is 4.79 Å². The number of hydrogen-bond donors (Lipinski definition) is 3. The van der Waals surface area contributed by atoms with E-state index in [1.807, 2.05) is 0 Å². The first kappa shape index (κ1) is 10.3. The molecule has 0 aromatic carbocycles. The van der Waals surface area contributed by atoms with Crippen LogP contribution in [0.2, 0.25) is 0 Å². The highest BCUT2D eigenvalue weighted by molar-refractivity contribution is 5.64. The number of carboxylic acid groups (broad SMARTS) is 1. The number of carbonyl (C=O) groups is 1. The van der Waals surface area contributed by atoms with Crippen LogP contribution in [0.1, 0.15) is 32.1 Å². The molecule has 1 rings (SSSR count). The lowest BCUT2D eigenvalue weighted by Gasteiger charge is -2.29. The fourth-order valence-electron chi connectivity index (χ4n) is 2.06. The average molecular weight is 186 g/mol. The molecule has 0 heterocycles. The van der Waals surface area contributed by atoms with Crippen LogP contribution in [-0.2, 0) is 0 Å². The van der Waals surface area contributed by atoms with Crippen molar-refractivity contribution < 1.29 is 9.90 Å². The Bertz CT molecular complexity index is 167. The van der Waals surface area contributed by atoms with Crippen LogP contribution in [0.15, 0.2) is 0 Å². The Balaban J connectivity index is 2.39. The highest BCUT2D eigenvalue weighted by atomic mass is 16.4. The third-order valence-corrected chi connectivity index (χ3v) is 2.78. The Hall–Kier alpha value is -0.770. The molecule has 4 nitrogen and oxygen atoms in total. The molecular weight excluding hydrogens is 168 g/mol. The highest BCUT2D eigenvalue weighted by Gasteiger charge is 2.23. The summed E-state index contributed by atoms with van der Waals surface area (Å²) in [5.41, 5.74) is 5.53. The third-order valence-electron chi connectivity index (χ3n) is 2.78. The lowest BCUT2D eigenvalue weighted by atomic mass is 9.84. The van der Waals surface area contributed by atoms with E-state index >= 15 is 0 Å². The van der Waals surface area contributed by atoms with Crippen LogP contribution in [0.25, 0.3) is 0 Å². The Labute approximate surface area is 78.5 Å². The van der Waals surface area contributed by atoms with Crippen molar-refractivity contribution in [2.45, 2.75) is 38.1 Å². The molecule has 0 saturated heterocycles. The minimum absolute atomic E-state index is 0.0437. The van der Waals surface area contributed by atoms with Gasteiger partial charge >= 0.3 is 6.09 Å². The summed E-state index contributed by atoms with van der Waals surface area (Å²) in [7, 11) is 0. The van der Waals surface area contributed by atoms with E-state index in [4.69, 9.17) is 10.8 Å². The van der Waals surface area contributed by atoms with Gasteiger partial charge in [-0.2, -0.15) is 0 Å². The topological polar surface area (TPSA) is 75.3 Å². The highest BCUT2D eigenvalue weighted by Crippen LogP contribution is 2.25. The van der Waals surface area contributed by atoms with E-state index in [1.54, 1.807) is 0 Å². The molecule has 1 atom stereocenters. The van der Waals surface area contributed by atoms with Crippen LogP contribution < -0.4 is 11.1 Å². The first-order chi connectivity index (χ1) is 6.24. The Morgan fingerprint density at radius 2 is 2.08 bits per heavy atom. The van der Waals surface area contributed by atoms with Crippen molar-refractivity contribution >= 4 is 6.09 Å². The van der Waals surface area contributed by atoms with Gasteiger partial charge in [0, 0.05) is 12.6 Å². The summed E-state index contributed by atoms with van der Waals surface area (Å²) in [4.78, 5) is 10.4. The second-order valence-corrected chi connectivity index (χ2v) is 3.69. The fraction of sp³-hybridized carbons (Fsp3) is 0.889. The molecule has 0 aromatic heterocycles. The van der Waals surface area contributed by atoms with Crippen molar-refractivity contribution in [2.75, 3.05) is 6.54 Å². The summed E-state index contributed by atoms with van der Waals surface area (Å²) in [6, 6.07) is -0.0437. The summed E-state index contributed by atoms with van der Waals surface area (Å²) in [5, 5.41) is 11.1. The number of amides is 1. The quantitative estimate of drug-likeness (QED) is 0.619. The van der Waals surface area contributed by atoms with Crippen LogP contribution in [0.3, 0.4) is 0 Å². The SMILES string of the molecule is NCC(NC(=O)O)C1CCCCC1. The van der Waals surface area contributed by atoms with Crippen LogP contribution >= 0.6 is 0 Å². The lowest BCUT2D eigenvalue weighted by Crippen LogP contribution is -2.45. The van der Waals surface area contributed by atoms with Crippen molar-refractivity contribution in [2.24, 2.45) is 11.7 Å². The van der Waals surface area contributed by atoms with E-state index in [0.29, 0.717) is 12.5 Å². The van der Waals surface area contributed by atoms with Crippen LogP contribution in [0.5, 0.6) is 0 Å². The monoisotopic (exact) mass is 186 g/mol. The first-order valence-electron chi connectivity index (χ1n) is 4.93. The summed E-state index contributed by atoms with van der Waals surface area (Å²) in [6.45, 7) is 0.414. The molecule has 0 spiro atoms. The number of rotatable bonds is 3. The fourth-order valence-corrected chi connectivity index (χ4v) is 2.06. The van der Waals surface area contributed by atoms with Crippen molar-refractivity contribution in [3.8, 4) is 0 Å². The van der Waals surface area contributed by atoms with Crippen molar-refractivity contribution in [1.29, 1.82) is 0 Å². The van der Waals surface area contributed by atoms with Gasteiger partial charge in [0.05, 0.1) is 0 Å². The molecule has 1 saturated carbocycles. The van der Waals surface area contributed by atoms with Crippen molar-refractivity contribution in [3.63, 3.8) is 0 Å². The van der Waals surface area contributed by atoms with E-state index in [1.165, 1.54) is 19.3 Å². The van der Waals surface area contributed by atoms with E-state index in [2.05, 4.69) is 5.32 Å². The number of hydrogen-bond acceptors (Lipinski definition) is 2. The smallest absolute Gasteiger partial charge is 0.404 e. The largest absolute Gasteiger partial charge is 0.465 e. The zero-order valence-corrected chi connectivity index (χ0v) is 7.83. The Morgan fingerprint density at radius 1 is 1.46 bits per heavy atom. The van der Waals surface area contributed by atoms with Crippen molar-refractivity contribution in [1.82, 2.24) is 5.32 Å². The molecule has 1 amide bonds. The molecule has 0 aromatic rings. The second-order valence-electron chi connectivity index (χ2n) is 3.69. The molecule has 1 aliphatic carbocycles. The lowest BCUT2D eigenvalue weighted by molar-refractivity contribution is 0.179. The molecule has 1 unspecified atom stereocenters. The summed E-state index contributed by atoms with van der Waals surface area (Å²) in [6.07, 6.45) is 4.97. The zero-order chi connectivity index (χ0) is 9.68. The molecule has 1 fully saturated rings. The normalized spacial score (nSPS) is 21.0. The molecule has 4 N–H and O–H groups in total. The molecule has 0 radical (unpaired) electrons. The van der Waals surface area contributed by atoms with E-state index < -0.39 is 6.09 Å². The Kier molecular flexibility index (Phi) is 4.02. The van der Waals surface area contributed by atoms with Gasteiger partial charge in [-0.3, -0.25) is 0 Å². The maximum atomic E-state index is 10.4. The van der Waals surface area contributed by atoms with Gasteiger partial charge in [-0.1, -0.05) is 19.3 Å². The van der Waals surface area contributed by atoms with Crippen molar-refractivity contribution in [3.05, 3.63) is 0 Å². The summed E-state index contributed by atoms with van der Waals surface area (Å²) < 4.78 is 0. The van der Waals surface area contributed by atoms with Crippen LogP contribution in [0, 0.1) is 5.92 Å². The minimum atomic E-state index is -0.957. The van der Waals surface area contributed by atoms with Gasteiger partial charge in [0.25, 0.3) is 0 Å². The molecule has 0 bridgehead atoms. The van der Waals surface area contributed by atoms with E-state index in [-0.39, 0.29) is 6.04 Å². The predicted molar refractivity (Wildman–Crippen MR) is 50.6 cm³/mol. The molecule has 76 valence electrons. The van der Waals surface area contributed by atoms with Gasteiger partial charge in [0.15, 0.2) is 0 Å². The summed E-state index contributed by atoms with van der Waals surface area (Å²) >= 11 is 0. The molecule has 4 heteroatoms. The maximum absolute atomic E-state index is 10.4. The molecule has 13 heavy (non-hydrogen) atoms.